The molecular formula is C15H22N2O2. The average Bonchev–Trinajstić information content (AvgIpc) is 2.34. The van der Waals surface area contributed by atoms with Crippen molar-refractivity contribution in [1.29, 1.82) is 0 Å². The molecule has 0 saturated carbocycles. The number of carbonyl (C=O) groups is 1. The quantitative estimate of drug-likeness (QED) is 0.771. The molecular weight excluding hydrogens is 240 g/mol. The SMILES string of the molecule is CC(O)CC(C)(C)CNC(=O)/C=C/c1ccccn1. The first-order valence-corrected chi connectivity index (χ1v) is 6.44. The number of pyridine rings is 1. The Labute approximate surface area is 114 Å². The van der Waals surface area contributed by atoms with Crippen molar-refractivity contribution in [3.63, 3.8) is 0 Å². The second-order valence-electron chi connectivity index (χ2n) is 5.52. The highest BCUT2D eigenvalue weighted by Gasteiger charge is 2.20. The zero-order chi connectivity index (χ0) is 14.3. The number of amides is 1. The van der Waals surface area contributed by atoms with Gasteiger partial charge in [0.15, 0.2) is 0 Å². The van der Waals surface area contributed by atoms with E-state index in [0.29, 0.717) is 13.0 Å². The zero-order valence-electron chi connectivity index (χ0n) is 11.8. The highest BCUT2D eigenvalue weighted by atomic mass is 16.3. The monoisotopic (exact) mass is 262 g/mol. The van der Waals surface area contributed by atoms with E-state index in [0.717, 1.165) is 5.69 Å². The summed E-state index contributed by atoms with van der Waals surface area (Å²) in [5.41, 5.74) is 0.628. The fraction of sp³-hybridized carbons (Fsp3) is 0.467. The summed E-state index contributed by atoms with van der Waals surface area (Å²) in [4.78, 5) is 15.8. The number of nitrogens with zero attached hydrogens (tertiary/aromatic N) is 1. The van der Waals surface area contributed by atoms with E-state index >= 15 is 0 Å². The van der Waals surface area contributed by atoms with Gasteiger partial charge >= 0.3 is 0 Å². The highest BCUT2D eigenvalue weighted by molar-refractivity contribution is 5.91. The van der Waals surface area contributed by atoms with Gasteiger partial charge in [0.25, 0.3) is 0 Å². The largest absolute Gasteiger partial charge is 0.393 e. The van der Waals surface area contributed by atoms with Crippen LogP contribution in [-0.4, -0.2) is 28.6 Å². The molecule has 0 spiro atoms. The lowest BCUT2D eigenvalue weighted by Crippen LogP contribution is -2.34. The zero-order valence-corrected chi connectivity index (χ0v) is 11.8. The van der Waals surface area contributed by atoms with Crippen molar-refractivity contribution in [1.82, 2.24) is 10.3 Å². The molecule has 1 rings (SSSR count). The number of aliphatic hydroxyl groups excluding tert-OH is 1. The Kier molecular flexibility index (Phi) is 5.70. The minimum atomic E-state index is -0.365. The van der Waals surface area contributed by atoms with Crippen LogP contribution in [0.25, 0.3) is 6.08 Å². The molecule has 0 aliphatic carbocycles. The van der Waals surface area contributed by atoms with Crippen molar-refractivity contribution < 1.29 is 9.90 Å². The summed E-state index contributed by atoms with van der Waals surface area (Å²) >= 11 is 0. The first-order chi connectivity index (χ1) is 8.89. The van der Waals surface area contributed by atoms with E-state index in [-0.39, 0.29) is 17.4 Å². The normalized spacial score (nSPS) is 13.5. The predicted octanol–water partition coefficient (Wildman–Crippen LogP) is 2.01. The molecule has 4 heteroatoms. The Morgan fingerprint density at radius 1 is 1.53 bits per heavy atom. The van der Waals surface area contributed by atoms with Gasteiger partial charge in [-0.3, -0.25) is 9.78 Å². The summed E-state index contributed by atoms with van der Waals surface area (Å²) in [6, 6.07) is 5.54. The molecule has 0 saturated heterocycles. The summed E-state index contributed by atoms with van der Waals surface area (Å²) in [5.74, 6) is -0.149. The lowest BCUT2D eigenvalue weighted by Gasteiger charge is -2.26. The number of carbonyl (C=O) groups excluding carboxylic acids is 1. The van der Waals surface area contributed by atoms with Gasteiger partial charge in [0.2, 0.25) is 5.91 Å². The number of hydrogen-bond donors (Lipinski definition) is 2. The topological polar surface area (TPSA) is 62.2 Å². The number of aromatic nitrogens is 1. The molecule has 0 bridgehead atoms. The van der Waals surface area contributed by atoms with Crippen molar-refractivity contribution in [3.05, 3.63) is 36.2 Å². The van der Waals surface area contributed by atoms with Gasteiger partial charge in [-0.05, 0) is 37.0 Å². The standard InChI is InChI=1S/C15H22N2O2/c1-12(18)10-15(2,3)11-17-14(19)8-7-13-6-4-5-9-16-13/h4-9,12,18H,10-11H2,1-3H3,(H,17,19)/b8-7+. The van der Waals surface area contributed by atoms with Crippen LogP contribution < -0.4 is 5.32 Å². The van der Waals surface area contributed by atoms with Crippen molar-refractivity contribution in [3.8, 4) is 0 Å². The van der Waals surface area contributed by atoms with Crippen LogP contribution in [0.5, 0.6) is 0 Å². The second kappa shape index (κ2) is 7.04. The van der Waals surface area contributed by atoms with Crippen molar-refractivity contribution >= 4 is 12.0 Å². The van der Waals surface area contributed by atoms with Gasteiger partial charge in [-0.25, -0.2) is 0 Å². The first kappa shape index (κ1) is 15.4. The van der Waals surface area contributed by atoms with Crippen LogP contribution >= 0.6 is 0 Å². The van der Waals surface area contributed by atoms with Crippen molar-refractivity contribution in [2.24, 2.45) is 5.41 Å². The number of rotatable bonds is 6. The number of hydrogen-bond acceptors (Lipinski definition) is 3. The van der Waals surface area contributed by atoms with Gasteiger partial charge in [-0.1, -0.05) is 19.9 Å². The predicted molar refractivity (Wildman–Crippen MR) is 76.4 cm³/mol. The maximum atomic E-state index is 11.7. The maximum absolute atomic E-state index is 11.7. The third-order valence-electron chi connectivity index (χ3n) is 2.68. The maximum Gasteiger partial charge on any atom is 0.244 e. The van der Waals surface area contributed by atoms with E-state index in [2.05, 4.69) is 10.3 Å². The minimum absolute atomic E-state index is 0.122. The van der Waals surface area contributed by atoms with Gasteiger partial charge < -0.3 is 10.4 Å². The molecule has 0 radical (unpaired) electrons. The Morgan fingerprint density at radius 2 is 2.26 bits per heavy atom. The molecule has 1 heterocycles. The van der Waals surface area contributed by atoms with Crippen LogP contribution in [0.15, 0.2) is 30.5 Å². The average molecular weight is 262 g/mol. The van der Waals surface area contributed by atoms with Crippen molar-refractivity contribution in [2.75, 3.05) is 6.54 Å². The molecule has 1 atom stereocenters. The summed E-state index contributed by atoms with van der Waals surface area (Å²) in [6.45, 7) is 6.32. The van der Waals surface area contributed by atoms with Gasteiger partial charge in [-0.2, -0.15) is 0 Å². The fourth-order valence-electron chi connectivity index (χ4n) is 1.89. The molecule has 0 aliphatic rings. The van der Waals surface area contributed by atoms with E-state index in [1.54, 1.807) is 19.2 Å². The molecule has 1 unspecified atom stereocenters. The van der Waals surface area contributed by atoms with Crippen molar-refractivity contribution in [2.45, 2.75) is 33.3 Å². The van der Waals surface area contributed by atoms with Gasteiger partial charge in [-0.15, -0.1) is 0 Å². The molecule has 1 aromatic rings. The van der Waals surface area contributed by atoms with E-state index < -0.39 is 0 Å². The molecule has 0 aromatic carbocycles. The van der Waals surface area contributed by atoms with Gasteiger partial charge in [0.05, 0.1) is 11.8 Å². The van der Waals surface area contributed by atoms with Crippen LogP contribution in [-0.2, 0) is 4.79 Å². The lowest BCUT2D eigenvalue weighted by atomic mass is 9.87. The smallest absolute Gasteiger partial charge is 0.244 e. The molecule has 19 heavy (non-hydrogen) atoms. The third-order valence-corrected chi connectivity index (χ3v) is 2.68. The molecule has 0 aliphatic heterocycles. The Balaban J connectivity index is 2.42. The van der Waals surface area contributed by atoms with Gasteiger partial charge in [0, 0.05) is 18.8 Å². The number of aliphatic hydroxyl groups is 1. The van der Waals surface area contributed by atoms with E-state index in [4.69, 9.17) is 0 Å². The molecule has 1 amide bonds. The first-order valence-electron chi connectivity index (χ1n) is 6.44. The molecule has 2 N–H and O–H groups in total. The Morgan fingerprint density at radius 3 is 2.84 bits per heavy atom. The third kappa shape index (κ3) is 6.72. The van der Waals surface area contributed by atoms with E-state index in [1.807, 2.05) is 32.0 Å². The summed E-state index contributed by atoms with van der Waals surface area (Å²) in [5, 5.41) is 12.2. The van der Waals surface area contributed by atoms with E-state index in [1.165, 1.54) is 6.08 Å². The fourth-order valence-corrected chi connectivity index (χ4v) is 1.89. The van der Waals surface area contributed by atoms with E-state index in [9.17, 15) is 9.90 Å². The second-order valence-corrected chi connectivity index (χ2v) is 5.52. The highest BCUT2D eigenvalue weighted by Crippen LogP contribution is 2.20. The van der Waals surface area contributed by atoms with Gasteiger partial charge in [0.1, 0.15) is 0 Å². The van der Waals surface area contributed by atoms with Crippen LogP contribution in [0.3, 0.4) is 0 Å². The summed E-state index contributed by atoms with van der Waals surface area (Å²) < 4.78 is 0. The minimum Gasteiger partial charge on any atom is -0.393 e. The Hall–Kier alpha value is -1.68. The summed E-state index contributed by atoms with van der Waals surface area (Å²) in [6.07, 6.45) is 5.12. The van der Waals surface area contributed by atoms with Crippen LogP contribution in [0.2, 0.25) is 0 Å². The summed E-state index contributed by atoms with van der Waals surface area (Å²) in [7, 11) is 0. The molecule has 4 nitrogen and oxygen atoms in total. The van der Waals surface area contributed by atoms with Crippen LogP contribution in [0.4, 0.5) is 0 Å². The molecule has 104 valence electrons. The molecule has 1 aromatic heterocycles. The Bertz CT molecular complexity index is 425. The van der Waals surface area contributed by atoms with Crippen LogP contribution in [0.1, 0.15) is 32.9 Å². The number of nitrogens with one attached hydrogen (secondary N) is 1. The van der Waals surface area contributed by atoms with Crippen LogP contribution in [0, 0.1) is 5.41 Å². The molecule has 0 fully saturated rings. The lowest BCUT2D eigenvalue weighted by molar-refractivity contribution is -0.117.